The van der Waals surface area contributed by atoms with Crippen molar-refractivity contribution in [1.29, 1.82) is 0 Å². The maximum absolute atomic E-state index is 12.6. The van der Waals surface area contributed by atoms with E-state index >= 15 is 0 Å². The van der Waals surface area contributed by atoms with Crippen LogP contribution in [0.1, 0.15) is 0 Å². The molecule has 0 aliphatic carbocycles. The Hall–Kier alpha value is -1.47. The highest BCUT2D eigenvalue weighted by molar-refractivity contribution is 7.92. The van der Waals surface area contributed by atoms with Crippen LogP contribution in [0.2, 0.25) is 0 Å². The van der Waals surface area contributed by atoms with Crippen molar-refractivity contribution in [3.63, 3.8) is 0 Å². The van der Waals surface area contributed by atoms with Gasteiger partial charge in [-0.3, -0.25) is 4.79 Å². The number of rotatable bonds is 4. The lowest BCUT2D eigenvalue weighted by Gasteiger charge is -2.10. The smallest absolute Gasteiger partial charge is 0.323 e. The number of halogens is 1. The molecule has 3 N–H and O–H groups in total. The van der Waals surface area contributed by atoms with E-state index in [4.69, 9.17) is 10.8 Å². The van der Waals surface area contributed by atoms with Crippen LogP contribution in [-0.4, -0.2) is 31.3 Å². The molecule has 0 fully saturated rings. The molecule has 1 atom stereocenters. The summed E-state index contributed by atoms with van der Waals surface area (Å²) in [4.78, 5) is 10.4. The first-order valence-electron chi connectivity index (χ1n) is 4.32. The van der Waals surface area contributed by atoms with Crippen LogP contribution in [0.25, 0.3) is 0 Å². The quantitative estimate of drug-likeness (QED) is 0.730. The van der Waals surface area contributed by atoms with Crippen LogP contribution >= 0.6 is 0 Å². The third kappa shape index (κ3) is 2.37. The van der Waals surface area contributed by atoms with Crippen molar-refractivity contribution in [3.8, 4) is 0 Å². The molecule has 1 rings (SSSR count). The fourth-order valence-corrected chi connectivity index (χ4v) is 2.51. The van der Waals surface area contributed by atoms with Crippen molar-refractivity contribution in [2.75, 3.05) is 6.54 Å². The van der Waals surface area contributed by atoms with Crippen molar-refractivity contribution >= 4 is 15.8 Å². The number of benzene rings is 1. The van der Waals surface area contributed by atoms with Gasteiger partial charge < -0.3 is 10.8 Å². The number of carbonyl (C=O) groups is 1. The fourth-order valence-electron chi connectivity index (χ4n) is 1.15. The number of hydrogen-bond donors (Lipinski definition) is 2. The van der Waals surface area contributed by atoms with E-state index in [1.54, 1.807) is 0 Å². The molecule has 0 amide bonds. The predicted octanol–water partition coefficient (Wildman–Crippen LogP) is 0.0113. The molecule has 0 heterocycles. The second-order valence-electron chi connectivity index (χ2n) is 3.06. The van der Waals surface area contributed by atoms with E-state index in [0.717, 1.165) is 24.3 Å². The molecular formula is C9H10FNO4S. The highest BCUT2D eigenvalue weighted by Crippen LogP contribution is 2.16. The van der Waals surface area contributed by atoms with Crippen LogP contribution in [0, 0.1) is 5.82 Å². The van der Waals surface area contributed by atoms with Gasteiger partial charge in [0.15, 0.2) is 15.1 Å². The summed E-state index contributed by atoms with van der Waals surface area (Å²) in [6, 6.07) is 3.91. The zero-order valence-corrected chi connectivity index (χ0v) is 8.95. The van der Waals surface area contributed by atoms with Crippen molar-refractivity contribution in [3.05, 3.63) is 30.1 Å². The summed E-state index contributed by atoms with van der Waals surface area (Å²) in [6.45, 7) is -0.533. The molecule has 0 aliphatic rings. The Morgan fingerprint density at radius 1 is 1.38 bits per heavy atom. The molecule has 0 aromatic heterocycles. The molecule has 0 saturated carbocycles. The van der Waals surface area contributed by atoms with E-state index in [1.165, 1.54) is 0 Å². The summed E-state index contributed by atoms with van der Waals surface area (Å²) < 4.78 is 36.0. The Balaban J connectivity index is 3.20. The molecule has 1 unspecified atom stereocenters. The van der Waals surface area contributed by atoms with Gasteiger partial charge in [0.1, 0.15) is 5.82 Å². The Morgan fingerprint density at radius 3 is 2.25 bits per heavy atom. The van der Waals surface area contributed by atoms with Crippen molar-refractivity contribution in [1.82, 2.24) is 0 Å². The SMILES string of the molecule is NCC(C(=O)O)S(=O)(=O)c1ccc(F)cc1. The lowest BCUT2D eigenvalue weighted by Crippen LogP contribution is -2.37. The summed E-state index contributed by atoms with van der Waals surface area (Å²) in [7, 11) is -4.06. The molecule has 16 heavy (non-hydrogen) atoms. The maximum Gasteiger partial charge on any atom is 0.323 e. The highest BCUT2D eigenvalue weighted by Gasteiger charge is 2.32. The number of nitrogens with two attached hydrogens (primary N) is 1. The minimum absolute atomic E-state index is 0.258. The molecule has 0 spiro atoms. The van der Waals surface area contributed by atoms with E-state index in [0.29, 0.717) is 0 Å². The monoisotopic (exact) mass is 247 g/mol. The molecule has 0 aliphatic heterocycles. The van der Waals surface area contributed by atoms with E-state index in [-0.39, 0.29) is 4.90 Å². The molecule has 0 bridgehead atoms. The van der Waals surface area contributed by atoms with Gasteiger partial charge >= 0.3 is 5.97 Å². The van der Waals surface area contributed by atoms with Crippen molar-refractivity contribution in [2.45, 2.75) is 10.1 Å². The van der Waals surface area contributed by atoms with Gasteiger partial charge in [-0.15, -0.1) is 0 Å². The van der Waals surface area contributed by atoms with Crippen LogP contribution in [0.4, 0.5) is 4.39 Å². The molecule has 5 nitrogen and oxygen atoms in total. The van der Waals surface area contributed by atoms with Crippen LogP contribution < -0.4 is 5.73 Å². The number of sulfone groups is 1. The minimum atomic E-state index is -4.06. The van der Waals surface area contributed by atoms with Gasteiger partial charge in [-0.2, -0.15) is 0 Å². The Bertz CT molecular complexity index is 483. The minimum Gasteiger partial charge on any atom is -0.480 e. The van der Waals surface area contributed by atoms with Gasteiger partial charge in [-0.25, -0.2) is 12.8 Å². The molecule has 1 aromatic carbocycles. The Labute approximate surface area is 91.6 Å². The number of carboxylic acid groups (broad SMARTS) is 1. The van der Waals surface area contributed by atoms with Gasteiger partial charge in [0, 0.05) is 6.54 Å². The fraction of sp³-hybridized carbons (Fsp3) is 0.222. The Morgan fingerprint density at radius 2 is 1.88 bits per heavy atom. The zero-order valence-electron chi connectivity index (χ0n) is 8.13. The van der Waals surface area contributed by atoms with Gasteiger partial charge in [-0.05, 0) is 24.3 Å². The van der Waals surface area contributed by atoms with Gasteiger partial charge in [0.2, 0.25) is 0 Å². The number of hydrogen-bond acceptors (Lipinski definition) is 4. The van der Waals surface area contributed by atoms with E-state index in [2.05, 4.69) is 0 Å². The van der Waals surface area contributed by atoms with Crippen LogP contribution in [0.15, 0.2) is 29.2 Å². The molecular weight excluding hydrogens is 237 g/mol. The highest BCUT2D eigenvalue weighted by atomic mass is 32.2. The van der Waals surface area contributed by atoms with Crippen molar-refractivity contribution < 1.29 is 22.7 Å². The van der Waals surface area contributed by atoms with E-state index < -0.39 is 33.4 Å². The summed E-state index contributed by atoms with van der Waals surface area (Å²) >= 11 is 0. The number of carboxylic acids is 1. The lowest BCUT2D eigenvalue weighted by atomic mass is 10.3. The Kier molecular flexibility index (Phi) is 3.61. The normalized spacial score (nSPS) is 13.4. The standard InChI is InChI=1S/C9H10FNO4S/c10-6-1-3-7(4-2-6)16(14,15)8(5-11)9(12)13/h1-4,8H,5,11H2,(H,12,13). The second kappa shape index (κ2) is 4.58. The van der Waals surface area contributed by atoms with E-state index in [9.17, 15) is 17.6 Å². The first-order chi connectivity index (χ1) is 7.39. The van der Waals surface area contributed by atoms with Crippen molar-refractivity contribution in [2.24, 2.45) is 5.73 Å². The molecule has 0 radical (unpaired) electrons. The van der Waals surface area contributed by atoms with Gasteiger partial charge in [0.05, 0.1) is 4.90 Å². The first kappa shape index (κ1) is 12.6. The van der Waals surface area contributed by atoms with E-state index in [1.807, 2.05) is 0 Å². The first-order valence-corrected chi connectivity index (χ1v) is 5.86. The molecule has 0 saturated heterocycles. The summed E-state index contributed by atoms with van der Waals surface area (Å²) in [5, 5.41) is 6.98. The zero-order chi connectivity index (χ0) is 12.3. The second-order valence-corrected chi connectivity index (χ2v) is 5.19. The molecule has 7 heteroatoms. The average Bonchev–Trinajstić information content (AvgIpc) is 2.18. The van der Waals surface area contributed by atoms with Gasteiger partial charge in [-0.1, -0.05) is 0 Å². The maximum atomic E-state index is 12.6. The van der Waals surface area contributed by atoms with Gasteiger partial charge in [0.25, 0.3) is 0 Å². The predicted molar refractivity (Wildman–Crippen MR) is 54.1 cm³/mol. The topological polar surface area (TPSA) is 97.5 Å². The van der Waals surface area contributed by atoms with Crippen LogP contribution in [0.3, 0.4) is 0 Å². The third-order valence-electron chi connectivity index (χ3n) is 2.01. The average molecular weight is 247 g/mol. The number of aliphatic carboxylic acids is 1. The summed E-state index contributed by atoms with van der Waals surface area (Å²) in [5.74, 6) is -2.12. The van der Waals surface area contributed by atoms with Crippen LogP contribution in [-0.2, 0) is 14.6 Å². The molecule has 1 aromatic rings. The largest absolute Gasteiger partial charge is 0.480 e. The third-order valence-corrected chi connectivity index (χ3v) is 4.08. The molecule has 88 valence electrons. The summed E-state index contributed by atoms with van der Waals surface area (Å²) in [6.07, 6.45) is 0. The summed E-state index contributed by atoms with van der Waals surface area (Å²) in [5.41, 5.74) is 5.09. The lowest BCUT2D eigenvalue weighted by molar-refractivity contribution is -0.136. The van der Waals surface area contributed by atoms with Crippen LogP contribution in [0.5, 0.6) is 0 Å².